The lowest BCUT2D eigenvalue weighted by molar-refractivity contribution is -0.172. The second kappa shape index (κ2) is 35.8. The molecule has 0 fully saturated rings. The number of ketones is 4. The first kappa shape index (κ1) is 84.5. The maximum Gasteiger partial charge on any atom is 0.200 e. The molecule has 0 bridgehead atoms. The molecule has 4 heterocycles. The molecule has 0 atom stereocenters. The Morgan fingerprint density at radius 1 is 0.392 bits per heavy atom. The number of carbonyl (C=O) groups is 4. The number of rotatable bonds is 19. The Bertz CT molecular complexity index is 6600. The number of ether oxygens (including phenoxy) is 3. The molecule has 0 aromatic heterocycles. The second-order valence-electron chi connectivity index (χ2n) is 32.4. The summed E-state index contributed by atoms with van der Waals surface area (Å²) < 4.78 is 25.2. The molecule has 4 N–H and O–H groups in total. The third-order valence-corrected chi connectivity index (χ3v) is 22.6. The van der Waals surface area contributed by atoms with Crippen molar-refractivity contribution in [2.24, 2.45) is 23.7 Å². The van der Waals surface area contributed by atoms with Crippen molar-refractivity contribution in [3.63, 3.8) is 0 Å². The van der Waals surface area contributed by atoms with Crippen LogP contribution in [0.1, 0.15) is 169 Å². The molecule has 0 amide bonds. The minimum absolute atomic E-state index is 0.0179. The van der Waals surface area contributed by atoms with E-state index in [0.29, 0.717) is 28.0 Å². The Labute approximate surface area is 704 Å². The summed E-state index contributed by atoms with van der Waals surface area (Å²) in [6.45, 7) is 44.3. The van der Waals surface area contributed by atoms with Crippen molar-refractivity contribution in [1.29, 1.82) is 0 Å². The molecule has 13 heteroatoms. The van der Waals surface area contributed by atoms with Gasteiger partial charge < -0.3 is 39.1 Å². The fourth-order valence-electron chi connectivity index (χ4n) is 15.8. The summed E-state index contributed by atoms with van der Waals surface area (Å²) in [6, 6.07) is 76.0. The molecule has 608 valence electrons. The second-order valence-corrected chi connectivity index (χ2v) is 32.4. The third-order valence-electron chi connectivity index (χ3n) is 22.6. The van der Waals surface area contributed by atoms with Crippen LogP contribution in [0.5, 0.6) is 34.5 Å². The van der Waals surface area contributed by atoms with Crippen LogP contribution in [-0.2, 0) is 0 Å². The summed E-state index contributed by atoms with van der Waals surface area (Å²) in [5, 5.41) is 13.3. The van der Waals surface area contributed by atoms with Crippen LogP contribution in [-0.4, -0.2) is 63.4 Å². The highest BCUT2D eigenvalue weighted by atomic mass is 16.5. The molecular formula is C107H108N5O8+. The van der Waals surface area contributed by atoms with Crippen molar-refractivity contribution < 1.29 is 43.2 Å². The third kappa shape index (κ3) is 17.2. The molecule has 11 aromatic rings. The lowest BCUT2D eigenvalue weighted by Crippen LogP contribution is -2.44. The molecule has 120 heavy (non-hydrogen) atoms. The van der Waals surface area contributed by atoms with E-state index >= 15 is 0 Å². The van der Waals surface area contributed by atoms with Crippen LogP contribution < -0.4 is 76.7 Å². The van der Waals surface area contributed by atoms with E-state index in [1.54, 1.807) is 12.1 Å². The summed E-state index contributed by atoms with van der Waals surface area (Å²) in [4.78, 5) is 58.1. The molecular weight excluding hydrogens is 1480 g/mol. The first-order valence-electron chi connectivity index (χ1n) is 41.6. The van der Waals surface area contributed by atoms with E-state index in [9.17, 15) is 19.2 Å². The van der Waals surface area contributed by atoms with Gasteiger partial charge in [-0.3, -0.25) is 24.6 Å². The first-order valence-corrected chi connectivity index (χ1v) is 41.6. The lowest BCUT2D eigenvalue weighted by atomic mass is 9.86. The molecule has 1 aliphatic carbocycles. The van der Waals surface area contributed by atoms with Gasteiger partial charge in [0.1, 0.15) is 45.8 Å². The maximum absolute atomic E-state index is 13.1. The van der Waals surface area contributed by atoms with Gasteiger partial charge in [0.05, 0.1) is 6.07 Å². The topological polar surface area (TPSA) is 170 Å². The summed E-state index contributed by atoms with van der Waals surface area (Å²) in [6.07, 6.45) is 0. The molecule has 4 aliphatic heterocycles. The minimum Gasteiger partial charge on any atom is -0.456 e. The van der Waals surface area contributed by atoms with E-state index in [-0.39, 0.29) is 46.8 Å². The zero-order chi connectivity index (χ0) is 85.8. The van der Waals surface area contributed by atoms with E-state index in [0.717, 1.165) is 209 Å². The van der Waals surface area contributed by atoms with Gasteiger partial charge in [-0.25, -0.2) is 0 Å². The van der Waals surface area contributed by atoms with Gasteiger partial charge >= 0.3 is 0 Å². The Balaban J connectivity index is 0.000000139. The normalized spacial score (nSPS) is 12.1. The maximum atomic E-state index is 13.1. The first-order chi connectivity index (χ1) is 57.5. The van der Waals surface area contributed by atoms with Gasteiger partial charge in [0.2, 0.25) is 0 Å². The number of nitrogen functional groups attached to an aromatic ring is 1. The van der Waals surface area contributed by atoms with Gasteiger partial charge in [-0.2, -0.15) is 0 Å². The molecule has 5 aliphatic rings. The fourth-order valence-corrected chi connectivity index (χ4v) is 15.8. The smallest absolute Gasteiger partial charge is 0.200 e. The highest BCUT2D eigenvalue weighted by Gasteiger charge is 2.30. The molecule has 16 rings (SSSR count). The van der Waals surface area contributed by atoms with Crippen LogP contribution in [0.3, 0.4) is 0 Å². The lowest BCUT2D eigenvalue weighted by Gasteiger charge is -2.26. The predicted molar refractivity (Wildman–Crippen MR) is 493 cm³/mol. The molecule has 0 saturated carbocycles. The summed E-state index contributed by atoms with van der Waals surface area (Å²) in [7, 11) is 4.04. The van der Waals surface area contributed by atoms with Crippen molar-refractivity contribution in [3.05, 3.63) is 334 Å². The summed E-state index contributed by atoms with van der Waals surface area (Å²) in [5.41, 5.74) is 27.7. The van der Waals surface area contributed by atoms with Crippen LogP contribution in [0.2, 0.25) is 0 Å². The number of hydrogen-bond acceptors (Lipinski definition) is 12. The number of Topliss-reactive ketones (excluding diaryl/α,β-unsaturated/α-hetero) is 4. The molecule has 0 saturated heterocycles. The largest absolute Gasteiger partial charge is 0.456 e. The summed E-state index contributed by atoms with van der Waals surface area (Å²) >= 11 is 0. The number of nitrogens with zero attached hydrogens (tertiary/aromatic N) is 3. The highest BCUT2D eigenvalue weighted by Crippen LogP contribution is 2.45. The van der Waals surface area contributed by atoms with Crippen molar-refractivity contribution in [2.75, 3.05) is 60.7 Å². The van der Waals surface area contributed by atoms with Crippen molar-refractivity contribution in [1.82, 2.24) is 0 Å². The number of benzene rings is 12. The number of aryl methyl sites for hydroxylation is 2. The standard InChI is InChI=1S/C29H31NO2.C28H29NO2.C27H27NO2.C23H20N2O2/c1-7-30(8-2)21-13-14-24-27(17-21)32-26-16-20(6)19(5)15-25(26)28(24)22-11-9-10-12-23(22)29(31)18(3)4;1-6-29(7-2)20-13-15-24-26(17-20)31-25-16-19(5)12-14-23(25)27(24)21-10-8-9-11-22(21)28(30)18(3)4;1-16(2)27(29)20-9-7-19(8-10-20)26-22-12-11-21(28(5)6)15-25(22)30-24-14-18(4)17(3)13-23(24)26;1-13(2)23(26)17-6-4-3-5-16(17)22-18-9-7-14(24)11-20(18)27-21-12-15(25)8-10-19(21)22/h9-18H,6-8H2,1-5H3;8-18H,5-7H2,1-4H3;7-16H,4H2,1-3,5-6H3;3-13,24H,25H2,1-2H3/p+1. The molecule has 0 spiro atoms. The van der Waals surface area contributed by atoms with Crippen LogP contribution in [0.15, 0.2) is 235 Å². The van der Waals surface area contributed by atoms with Crippen LogP contribution in [0.25, 0.3) is 69.9 Å². The molecule has 0 radical (unpaired) electrons. The fraction of sp³-hybridized carbons (Fsp3) is 0.224. The van der Waals surface area contributed by atoms with Crippen LogP contribution >= 0.6 is 0 Å². The van der Waals surface area contributed by atoms with Crippen molar-refractivity contribution in [2.45, 2.75) is 96.9 Å². The molecule has 13 nitrogen and oxygen atoms in total. The molecule has 0 unspecified atom stereocenters. The summed E-state index contributed by atoms with van der Waals surface area (Å²) in [5.74, 6) is 5.78. The number of carbonyl (C=O) groups excluding carboxylic acids is 4. The number of hydrogen-bond donors (Lipinski definition) is 2. The van der Waals surface area contributed by atoms with E-state index in [1.807, 2.05) is 215 Å². The monoisotopic (exact) mass is 1590 g/mol. The van der Waals surface area contributed by atoms with E-state index in [2.05, 4.69) is 149 Å². The van der Waals surface area contributed by atoms with Crippen molar-refractivity contribution >= 4 is 93.3 Å². The zero-order valence-corrected chi connectivity index (χ0v) is 72.0. The Morgan fingerprint density at radius 3 is 1.28 bits per heavy atom. The number of nitrogens with two attached hydrogens (primary N) is 2. The highest BCUT2D eigenvalue weighted by molar-refractivity contribution is 6.11. The van der Waals surface area contributed by atoms with Gasteiger partial charge in [-0.05, 0) is 176 Å². The Morgan fingerprint density at radius 2 is 0.808 bits per heavy atom. The van der Waals surface area contributed by atoms with E-state index in [4.69, 9.17) is 29.8 Å². The number of fused-ring (bicyclic) bond motifs is 8. The predicted octanol–water partition coefficient (Wildman–Crippen LogP) is 18.5. The zero-order valence-electron chi connectivity index (χ0n) is 72.0. The van der Waals surface area contributed by atoms with Gasteiger partial charge in [0, 0.05) is 205 Å². The van der Waals surface area contributed by atoms with Gasteiger partial charge in [-0.1, -0.05) is 184 Å². The van der Waals surface area contributed by atoms with Gasteiger partial charge in [0.25, 0.3) is 0 Å². The SMILES string of the molecule is C=c1cc2c(cc1C)=C(c1ccc(C(=O)C(C)C)cc1)c1ccc(N(C)C)cc1O2.C=c1cc2c(cc1C)=C(c1ccccc1C(=O)C(C)C)c1ccc(N(CC)CC)cc1O2.C=c1ccc2c(c1)Oc1cc(N(CC)CC)ccc1C=2c1ccccc1C(=O)C(C)C.CC(C)C(=O)c1ccccc1-c1c2ccc(=[NH2+])cc-2oc2cc(N)ccc12. The Hall–Kier alpha value is -13.4. The average molecular weight is 1590 g/mol. The number of anilines is 4. The van der Waals surface area contributed by atoms with Gasteiger partial charge in [-0.15, -0.1) is 0 Å². The van der Waals surface area contributed by atoms with E-state index < -0.39 is 0 Å². The van der Waals surface area contributed by atoms with Gasteiger partial charge in [0.15, 0.2) is 28.5 Å². The molecule has 11 aromatic carbocycles. The quantitative estimate of drug-likeness (QED) is 0.0447. The minimum atomic E-state index is -0.0941. The Kier molecular flexibility index (Phi) is 25.2. The van der Waals surface area contributed by atoms with Crippen LogP contribution in [0, 0.1) is 37.5 Å². The van der Waals surface area contributed by atoms with E-state index in [1.165, 1.54) is 0 Å². The van der Waals surface area contributed by atoms with Crippen LogP contribution in [0.4, 0.5) is 22.7 Å². The average Bonchev–Trinajstić information content (AvgIpc) is 0.661. The van der Waals surface area contributed by atoms with Crippen molar-refractivity contribution in [3.8, 4) is 56.9 Å².